The Bertz CT molecular complexity index is 272. The first-order valence-electron chi connectivity index (χ1n) is 5.38. The first kappa shape index (κ1) is 15.4. The molecule has 0 aromatic heterocycles. The third-order valence-corrected chi connectivity index (χ3v) is 2.44. The molecule has 0 N–H and O–H groups in total. The van der Waals surface area contributed by atoms with Gasteiger partial charge in [0.2, 0.25) is 5.91 Å². The molecule has 0 aliphatic heterocycles. The molecule has 1 unspecified atom stereocenters. The van der Waals surface area contributed by atoms with Gasteiger partial charge < -0.3 is 14.4 Å². The topological polar surface area (TPSA) is 72.9 Å². The van der Waals surface area contributed by atoms with Gasteiger partial charge in [-0.1, -0.05) is 13.8 Å². The minimum Gasteiger partial charge on any atom is -0.468 e. The van der Waals surface area contributed by atoms with Crippen LogP contribution >= 0.6 is 0 Å². The minimum atomic E-state index is -0.564. The lowest BCUT2D eigenvalue weighted by Gasteiger charge is -2.22. The Hall–Kier alpha value is -1.59. The van der Waals surface area contributed by atoms with Crippen LogP contribution < -0.4 is 0 Å². The number of nitrogens with zero attached hydrogens (tertiary/aromatic N) is 1. The number of methoxy groups -OCH3 is 2. The smallest absolute Gasteiger partial charge is 0.325 e. The lowest BCUT2D eigenvalue weighted by molar-refractivity contribution is -0.153. The summed E-state index contributed by atoms with van der Waals surface area (Å²) in [6.07, 6.45) is 0.637. The van der Waals surface area contributed by atoms with Crippen molar-refractivity contribution in [1.29, 1.82) is 0 Å². The van der Waals surface area contributed by atoms with E-state index < -0.39 is 11.9 Å². The van der Waals surface area contributed by atoms with Gasteiger partial charge >= 0.3 is 11.9 Å². The van der Waals surface area contributed by atoms with E-state index in [0.29, 0.717) is 6.42 Å². The largest absolute Gasteiger partial charge is 0.468 e. The summed E-state index contributed by atoms with van der Waals surface area (Å²) in [4.78, 5) is 35.3. The van der Waals surface area contributed by atoms with E-state index in [1.54, 1.807) is 6.92 Å². The van der Waals surface area contributed by atoms with Gasteiger partial charge in [0.25, 0.3) is 0 Å². The number of carbonyl (C=O) groups is 3. The molecule has 0 radical (unpaired) electrons. The van der Waals surface area contributed by atoms with Crippen LogP contribution in [0.3, 0.4) is 0 Å². The summed E-state index contributed by atoms with van der Waals surface area (Å²) in [7, 11) is 2.46. The summed E-state index contributed by atoms with van der Waals surface area (Å²) in [5.74, 6) is -1.64. The minimum absolute atomic E-state index is 0.241. The summed E-state index contributed by atoms with van der Waals surface area (Å²) in [5.41, 5.74) is 0. The number of hydrogen-bond donors (Lipinski definition) is 0. The molecule has 0 spiro atoms. The maximum Gasteiger partial charge on any atom is 0.325 e. The normalized spacial score (nSPS) is 11.5. The van der Waals surface area contributed by atoms with Crippen molar-refractivity contribution in [2.75, 3.05) is 27.3 Å². The highest BCUT2D eigenvalue weighted by Gasteiger charge is 2.24. The second kappa shape index (κ2) is 7.65. The maximum atomic E-state index is 11.9. The molecule has 1 atom stereocenters. The van der Waals surface area contributed by atoms with E-state index in [4.69, 9.17) is 0 Å². The van der Waals surface area contributed by atoms with Gasteiger partial charge in [-0.05, 0) is 6.42 Å². The highest BCUT2D eigenvalue weighted by atomic mass is 16.5. The number of ether oxygens (including phenoxy) is 2. The fraction of sp³-hybridized carbons (Fsp3) is 0.727. The van der Waals surface area contributed by atoms with Crippen molar-refractivity contribution in [2.24, 2.45) is 5.92 Å². The van der Waals surface area contributed by atoms with Crippen molar-refractivity contribution in [3.05, 3.63) is 0 Å². The van der Waals surface area contributed by atoms with Crippen molar-refractivity contribution < 1.29 is 23.9 Å². The van der Waals surface area contributed by atoms with E-state index in [1.165, 1.54) is 14.2 Å². The molecule has 0 bridgehead atoms. The number of esters is 2. The Balaban J connectivity index is 4.65. The lowest BCUT2D eigenvalue weighted by Crippen LogP contribution is -2.42. The SMILES string of the molecule is CCC(C)C(=O)N(CC(=O)OC)CC(=O)OC. The number of amides is 1. The van der Waals surface area contributed by atoms with Crippen LogP contribution in [0.4, 0.5) is 0 Å². The number of carbonyl (C=O) groups excluding carboxylic acids is 3. The average molecular weight is 245 g/mol. The zero-order valence-corrected chi connectivity index (χ0v) is 10.7. The quantitative estimate of drug-likeness (QED) is 0.625. The second-order valence-corrected chi connectivity index (χ2v) is 3.66. The molecule has 0 aliphatic carbocycles. The molecule has 0 rings (SSSR count). The van der Waals surface area contributed by atoms with E-state index in [9.17, 15) is 14.4 Å². The van der Waals surface area contributed by atoms with E-state index in [-0.39, 0.29) is 24.9 Å². The zero-order valence-electron chi connectivity index (χ0n) is 10.7. The first-order chi connectivity index (χ1) is 7.96. The second-order valence-electron chi connectivity index (χ2n) is 3.66. The summed E-state index contributed by atoms with van der Waals surface area (Å²) in [5, 5.41) is 0. The zero-order chi connectivity index (χ0) is 13.4. The fourth-order valence-electron chi connectivity index (χ4n) is 1.14. The molecule has 0 fully saturated rings. The van der Waals surface area contributed by atoms with Gasteiger partial charge in [0.1, 0.15) is 13.1 Å². The third-order valence-electron chi connectivity index (χ3n) is 2.44. The monoisotopic (exact) mass is 245 g/mol. The van der Waals surface area contributed by atoms with Crippen molar-refractivity contribution in [3.8, 4) is 0 Å². The van der Waals surface area contributed by atoms with Crippen LogP contribution in [-0.4, -0.2) is 50.1 Å². The van der Waals surface area contributed by atoms with Gasteiger partial charge in [-0.2, -0.15) is 0 Å². The Labute approximate surface area is 101 Å². The number of rotatable bonds is 6. The van der Waals surface area contributed by atoms with E-state index in [2.05, 4.69) is 9.47 Å². The summed E-state index contributed by atoms with van der Waals surface area (Å²) < 4.78 is 8.95. The predicted molar refractivity (Wildman–Crippen MR) is 60.1 cm³/mol. The summed E-state index contributed by atoms with van der Waals surface area (Å²) in [6.45, 7) is 3.12. The van der Waals surface area contributed by atoms with Crippen LogP contribution in [0.2, 0.25) is 0 Å². The van der Waals surface area contributed by atoms with E-state index >= 15 is 0 Å². The summed E-state index contributed by atoms with van der Waals surface area (Å²) >= 11 is 0. The third kappa shape index (κ3) is 5.33. The number of hydrogen-bond acceptors (Lipinski definition) is 5. The predicted octanol–water partition coefficient (Wildman–Crippen LogP) is 0.207. The highest BCUT2D eigenvalue weighted by molar-refractivity contribution is 5.87. The van der Waals surface area contributed by atoms with Crippen LogP contribution in [0.25, 0.3) is 0 Å². The molecule has 0 aromatic rings. The highest BCUT2D eigenvalue weighted by Crippen LogP contribution is 2.07. The molecular formula is C11H19NO5. The van der Waals surface area contributed by atoms with Gasteiger partial charge in [0.05, 0.1) is 14.2 Å². The molecule has 0 heterocycles. The van der Waals surface area contributed by atoms with E-state index in [1.807, 2.05) is 6.92 Å². The Morgan fingerprint density at radius 3 is 1.76 bits per heavy atom. The Morgan fingerprint density at radius 2 is 1.47 bits per heavy atom. The first-order valence-corrected chi connectivity index (χ1v) is 5.38. The van der Waals surface area contributed by atoms with Crippen LogP contribution in [0.5, 0.6) is 0 Å². The molecule has 1 amide bonds. The molecule has 0 aliphatic rings. The molecule has 17 heavy (non-hydrogen) atoms. The molecule has 0 aromatic carbocycles. The molecule has 98 valence electrons. The molecule has 0 saturated heterocycles. The van der Waals surface area contributed by atoms with Gasteiger partial charge in [-0.25, -0.2) is 0 Å². The van der Waals surface area contributed by atoms with Crippen molar-refractivity contribution in [3.63, 3.8) is 0 Å². The van der Waals surface area contributed by atoms with Crippen LogP contribution in [-0.2, 0) is 23.9 Å². The van der Waals surface area contributed by atoms with E-state index in [0.717, 1.165) is 4.90 Å². The molecule has 6 nitrogen and oxygen atoms in total. The van der Waals surface area contributed by atoms with Crippen LogP contribution in [0.1, 0.15) is 20.3 Å². The van der Waals surface area contributed by atoms with Gasteiger partial charge in [0.15, 0.2) is 0 Å². The summed E-state index contributed by atoms with van der Waals surface area (Å²) in [6, 6.07) is 0. The standard InChI is InChI=1S/C11H19NO5/c1-5-8(2)11(15)12(6-9(13)16-3)7-10(14)17-4/h8H,5-7H2,1-4H3. The Morgan fingerprint density at radius 1 is 1.06 bits per heavy atom. The molecule has 0 saturated carbocycles. The molecular weight excluding hydrogens is 226 g/mol. The maximum absolute atomic E-state index is 11.9. The van der Waals surface area contributed by atoms with Gasteiger partial charge in [0, 0.05) is 5.92 Å². The lowest BCUT2D eigenvalue weighted by atomic mass is 10.1. The van der Waals surface area contributed by atoms with Crippen LogP contribution in [0.15, 0.2) is 0 Å². The fourth-order valence-corrected chi connectivity index (χ4v) is 1.14. The van der Waals surface area contributed by atoms with Crippen LogP contribution in [0, 0.1) is 5.92 Å². The molecule has 6 heteroatoms. The Kier molecular flexibility index (Phi) is 6.93. The average Bonchev–Trinajstić information content (AvgIpc) is 2.35. The van der Waals surface area contributed by atoms with Gasteiger partial charge in [-0.3, -0.25) is 14.4 Å². The van der Waals surface area contributed by atoms with Gasteiger partial charge in [-0.15, -0.1) is 0 Å². The van der Waals surface area contributed by atoms with Crippen molar-refractivity contribution >= 4 is 17.8 Å². The van der Waals surface area contributed by atoms with Crippen molar-refractivity contribution in [2.45, 2.75) is 20.3 Å². The van der Waals surface area contributed by atoms with Crippen molar-refractivity contribution in [1.82, 2.24) is 4.90 Å².